The van der Waals surface area contributed by atoms with Crippen LogP contribution in [0, 0.1) is 0 Å². The molecule has 0 spiro atoms. The van der Waals surface area contributed by atoms with Crippen molar-refractivity contribution in [1.29, 1.82) is 0 Å². The molecule has 0 saturated carbocycles. The van der Waals surface area contributed by atoms with Crippen molar-refractivity contribution in [2.45, 2.75) is 25.2 Å². The van der Waals surface area contributed by atoms with E-state index in [1.54, 1.807) is 0 Å². The highest BCUT2D eigenvalue weighted by Gasteiger charge is 2.27. The lowest BCUT2D eigenvalue weighted by atomic mass is 9.78. The second kappa shape index (κ2) is 12.6. The Hall–Kier alpha value is -3.74. The van der Waals surface area contributed by atoms with Crippen LogP contribution in [0.15, 0.2) is 85.1 Å². The van der Waals surface area contributed by atoms with Crippen LogP contribution in [0.25, 0.3) is 11.3 Å². The Morgan fingerprint density at radius 1 is 0.825 bits per heavy atom. The third kappa shape index (κ3) is 6.35. The van der Waals surface area contributed by atoms with Gasteiger partial charge in [0.2, 0.25) is 5.95 Å². The van der Waals surface area contributed by atoms with Crippen molar-refractivity contribution in [2.75, 3.05) is 63.5 Å². The van der Waals surface area contributed by atoms with E-state index in [1.807, 2.05) is 6.20 Å². The van der Waals surface area contributed by atoms with E-state index in [0.29, 0.717) is 5.92 Å². The number of hydrogen-bond donors (Lipinski definition) is 2. The lowest BCUT2D eigenvalue weighted by molar-refractivity contribution is 0.154. The molecule has 2 heterocycles. The highest BCUT2D eigenvalue weighted by atomic mass is 15.2. The molecule has 1 aliphatic heterocycles. The van der Waals surface area contributed by atoms with Gasteiger partial charge in [0, 0.05) is 62.6 Å². The van der Waals surface area contributed by atoms with Gasteiger partial charge >= 0.3 is 0 Å². The molecule has 1 aromatic heterocycles. The maximum absolute atomic E-state index is 5.00. The fraction of sp³-hybridized carbons (Fsp3) is 0.353. The molecule has 2 N–H and O–H groups in total. The van der Waals surface area contributed by atoms with Crippen LogP contribution in [0.5, 0.6) is 0 Å². The van der Waals surface area contributed by atoms with Crippen LogP contribution in [0.2, 0.25) is 0 Å². The number of nitrogens with zero attached hydrogens (tertiary/aromatic N) is 4. The third-order valence-electron chi connectivity index (χ3n) is 8.31. The van der Waals surface area contributed by atoms with Gasteiger partial charge in [-0.2, -0.15) is 0 Å². The number of nitrogens with one attached hydrogen (secondary N) is 2. The number of rotatable bonds is 10. The van der Waals surface area contributed by atoms with Crippen LogP contribution in [-0.4, -0.2) is 72.6 Å². The number of likely N-dealkylation sites (N-methyl/N-ethyl adjacent to an activating group) is 1. The Bertz CT molecular complexity index is 1380. The van der Waals surface area contributed by atoms with E-state index in [2.05, 4.69) is 106 Å². The normalized spacial score (nSPS) is 17.2. The van der Waals surface area contributed by atoms with E-state index in [-0.39, 0.29) is 0 Å². The van der Waals surface area contributed by atoms with Gasteiger partial charge in [-0.25, -0.2) is 9.97 Å². The molecule has 2 aliphatic rings. The average Bonchev–Trinajstić information content (AvgIpc) is 3.01. The van der Waals surface area contributed by atoms with Crippen molar-refractivity contribution in [2.24, 2.45) is 0 Å². The van der Waals surface area contributed by atoms with Crippen LogP contribution in [0.3, 0.4) is 0 Å². The van der Waals surface area contributed by atoms with Crippen molar-refractivity contribution in [1.82, 2.24) is 19.8 Å². The second-order valence-corrected chi connectivity index (χ2v) is 11.1. The van der Waals surface area contributed by atoms with Gasteiger partial charge in [0.1, 0.15) is 0 Å². The number of hydrogen-bond acceptors (Lipinski definition) is 6. The fourth-order valence-electron chi connectivity index (χ4n) is 5.92. The summed E-state index contributed by atoms with van der Waals surface area (Å²) in [5.41, 5.74) is 8.71. The summed E-state index contributed by atoms with van der Waals surface area (Å²) in [4.78, 5) is 14.7. The Morgan fingerprint density at radius 2 is 1.60 bits per heavy atom. The zero-order valence-electron chi connectivity index (χ0n) is 23.5. The lowest BCUT2D eigenvalue weighted by Crippen LogP contribution is -2.44. The summed E-state index contributed by atoms with van der Waals surface area (Å²) in [6.45, 7) is 7.59. The van der Waals surface area contributed by atoms with Crippen LogP contribution in [-0.2, 0) is 12.8 Å². The number of piperazine rings is 1. The summed E-state index contributed by atoms with van der Waals surface area (Å²) in [7, 11) is 2.20. The molecular formula is C34H40N6. The summed E-state index contributed by atoms with van der Waals surface area (Å²) in [6.07, 6.45) is 5.06. The zero-order valence-corrected chi connectivity index (χ0v) is 23.5. The standard InChI is InChI=1S/C34H40N6/c1-39-20-22-40(23-21-39)19-7-17-36-34-37-25-28-24-32(30-10-5-6-11-31(30)33(28)38-34)27-12-14-29(15-13-27)35-18-16-26-8-3-2-4-9-26/h2-6,8-15,25,32,35H,7,16-24H2,1H3,(H,36,37,38). The lowest BCUT2D eigenvalue weighted by Gasteiger charge is -2.32. The number of benzene rings is 3. The first-order chi connectivity index (χ1) is 19.7. The maximum atomic E-state index is 5.00. The predicted octanol–water partition coefficient (Wildman–Crippen LogP) is 5.54. The number of fused-ring (bicyclic) bond motifs is 3. The van der Waals surface area contributed by atoms with Crippen molar-refractivity contribution in [3.63, 3.8) is 0 Å². The van der Waals surface area contributed by atoms with Gasteiger partial charge in [0.05, 0.1) is 5.69 Å². The van der Waals surface area contributed by atoms with Gasteiger partial charge in [-0.15, -0.1) is 0 Å². The minimum absolute atomic E-state index is 0.299. The number of aromatic nitrogens is 2. The molecule has 0 bridgehead atoms. The smallest absolute Gasteiger partial charge is 0.223 e. The van der Waals surface area contributed by atoms with Crippen LogP contribution in [0.1, 0.15) is 34.6 Å². The largest absolute Gasteiger partial charge is 0.385 e. The van der Waals surface area contributed by atoms with Gasteiger partial charge in [-0.3, -0.25) is 0 Å². The molecule has 0 radical (unpaired) electrons. The molecule has 0 amide bonds. The van der Waals surface area contributed by atoms with E-state index in [1.165, 1.54) is 27.8 Å². The minimum atomic E-state index is 0.299. The molecule has 206 valence electrons. The van der Waals surface area contributed by atoms with E-state index in [9.17, 15) is 0 Å². The van der Waals surface area contributed by atoms with Crippen molar-refractivity contribution < 1.29 is 0 Å². The molecular weight excluding hydrogens is 492 g/mol. The van der Waals surface area contributed by atoms with Crippen molar-refractivity contribution in [3.05, 3.63) is 107 Å². The summed E-state index contributed by atoms with van der Waals surface area (Å²) in [5, 5.41) is 7.06. The zero-order chi connectivity index (χ0) is 27.1. The summed E-state index contributed by atoms with van der Waals surface area (Å²) in [6, 6.07) is 28.3. The predicted molar refractivity (Wildman–Crippen MR) is 165 cm³/mol. The first-order valence-electron chi connectivity index (χ1n) is 14.7. The topological polar surface area (TPSA) is 56.3 Å². The molecule has 3 aromatic carbocycles. The molecule has 4 aromatic rings. The summed E-state index contributed by atoms with van der Waals surface area (Å²) >= 11 is 0. The monoisotopic (exact) mass is 532 g/mol. The SMILES string of the molecule is CN1CCN(CCCNc2ncc3c(n2)-c2ccccc2C(c2ccc(NCCc4ccccc4)cc2)C3)CC1. The van der Waals surface area contributed by atoms with Gasteiger partial charge in [0.25, 0.3) is 0 Å². The van der Waals surface area contributed by atoms with Crippen LogP contribution >= 0.6 is 0 Å². The van der Waals surface area contributed by atoms with Crippen molar-refractivity contribution >= 4 is 11.6 Å². The Balaban J connectivity index is 1.09. The molecule has 6 heteroatoms. The van der Waals surface area contributed by atoms with Gasteiger partial charge < -0.3 is 20.4 Å². The van der Waals surface area contributed by atoms with Gasteiger partial charge in [0.15, 0.2) is 0 Å². The van der Waals surface area contributed by atoms with Crippen molar-refractivity contribution in [3.8, 4) is 11.3 Å². The van der Waals surface area contributed by atoms with Gasteiger partial charge in [-0.1, -0.05) is 66.7 Å². The summed E-state index contributed by atoms with van der Waals surface area (Å²) in [5.74, 6) is 1.03. The first-order valence-corrected chi connectivity index (χ1v) is 14.7. The second-order valence-electron chi connectivity index (χ2n) is 11.1. The van der Waals surface area contributed by atoms with E-state index >= 15 is 0 Å². The summed E-state index contributed by atoms with van der Waals surface area (Å²) < 4.78 is 0. The highest BCUT2D eigenvalue weighted by Crippen LogP contribution is 2.42. The molecule has 40 heavy (non-hydrogen) atoms. The number of anilines is 2. The Labute approximate surface area is 238 Å². The Kier molecular flexibility index (Phi) is 8.36. The van der Waals surface area contributed by atoms with Gasteiger partial charge in [-0.05, 0) is 67.2 Å². The minimum Gasteiger partial charge on any atom is -0.385 e. The quantitative estimate of drug-likeness (QED) is 0.262. The molecule has 1 unspecified atom stereocenters. The fourth-order valence-corrected chi connectivity index (χ4v) is 5.92. The van der Waals surface area contributed by atoms with Crippen LogP contribution < -0.4 is 10.6 Å². The Morgan fingerprint density at radius 3 is 2.42 bits per heavy atom. The molecule has 1 fully saturated rings. The van der Waals surface area contributed by atoms with E-state index in [0.717, 1.165) is 82.4 Å². The average molecular weight is 533 g/mol. The van der Waals surface area contributed by atoms with E-state index < -0.39 is 0 Å². The van der Waals surface area contributed by atoms with Crippen LogP contribution in [0.4, 0.5) is 11.6 Å². The maximum Gasteiger partial charge on any atom is 0.223 e. The molecule has 1 atom stereocenters. The highest BCUT2D eigenvalue weighted by molar-refractivity contribution is 5.72. The molecule has 6 nitrogen and oxygen atoms in total. The van der Waals surface area contributed by atoms with E-state index in [4.69, 9.17) is 9.97 Å². The molecule has 1 aliphatic carbocycles. The first kappa shape index (κ1) is 26.5. The molecule has 6 rings (SSSR count). The molecule has 1 saturated heterocycles. The third-order valence-corrected chi connectivity index (χ3v) is 8.31.